The van der Waals surface area contributed by atoms with Gasteiger partial charge in [0.25, 0.3) is 0 Å². The number of aliphatic hydroxyl groups is 1. The van der Waals surface area contributed by atoms with E-state index in [4.69, 9.17) is 24.7 Å². The van der Waals surface area contributed by atoms with Crippen molar-refractivity contribution in [2.24, 2.45) is 29.4 Å². The molecule has 1 saturated carbocycles. The molecule has 6 rings (SSSR count). The lowest BCUT2D eigenvalue weighted by molar-refractivity contribution is -0.257. The minimum Gasteiger partial charge on any atom is -0.457 e. The minimum atomic E-state index is -0.980. The third-order valence-electron chi connectivity index (χ3n) is 12.4. The van der Waals surface area contributed by atoms with E-state index in [1.807, 2.05) is 27.7 Å². The van der Waals surface area contributed by atoms with E-state index < -0.39 is 29.3 Å². The highest BCUT2D eigenvalue weighted by molar-refractivity contribution is 5.84. The lowest BCUT2D eigenvalue weighted by Crippen LogP contribution is -2.63. The largest absolute Gasteiger partial charge is 0.457 e. The first-order valence-corrected chi connectivity index (χ1v) is 18.8. The minimum absolute atomic E-state index is 0.0114. The number of ether oxygens (including phenoxy) is 4. The Balaban J connectivity index is 0.985. The fraction of sp³-hybridized carbons (Fsp3) is 0.944. The van der Waals surface area contributed by atoms with Crippen molar-refractivity contribution in [3.05, 3.63) is 0 Å². The first-order chi connectivity index (χ1) is 22.4. The van der Waals surface area contributed by atoms with Crippen LogP contribution in [0.1, 0.15) is 112 Å². The molecule has 47 heavy (non-hydrogen) atoms. The van der Waals surface area contributed by atoms with Gasteiger partial charge in [-0.15, -0.1) is 0 Å². The number of fused-ring (bicyclic) bond motifs is 2. The molecule has 6 N–H and O–H groups in total. The zero-order chi connectivity index (χ0) is 33.5. The Labute approximate surface area is 281 Å². The van der Waals surface area contributed by atoms with Gasteiger partial charge in [0, 0.05) is 24.8 Å². The normalized spacial score (nSPS) is 46.3. The van der Waals surface area contributed by atoms with Crippen LogP contribution in [0.4, 0.5) is 0 Å². The second-order valence-electron chi connectivity index (χ2n) is 16.4. The van der Waals surface area contributed by atoms with Gasteiger partial charge in [0.1, 0.15) is 11.9 Å². The molecule has 5 heterocycles. The van der Waals surface area contributed by atoms with Crippen LogP contribution in [0.3, 0.4) is 0 Å². The summed E-state index contributed by atoms with van der Waals surface area (Å²) in [7, 11) is 0. The molecule has 268 valence electrons. The second kappa shape index (κ2) is 14.6. The number of carbonyl (C=O) groups is 2. The molecular weight excluding hydrogens is 600 g/mol. The van der Waals surface area contributed by atoms with Crippen molar-refractivity contribution >= 4 is 11.8 Å². The van der Waals surface area contributed by atoms with Gasteiger partial charge in [-0.05, 0) is 104 Å². The first kappa shape index (κ1) is 35.6. The molecule has 14 atom stereocenters. The highest BCUT2D eigenvalue weighted by atomic mass is 16.7. The van der Waals surface area contributed by atoms with Crippen LogP contribution in [-0.4, -0.2) is 96.1 Å². The summed E-state index contributed by atoms with van der Waals surface area (Å²) >= 11 is 0. The van der Waals surface area contributed by atoms with Gasteiger partial charge in [-0.1, -0.05) is 19.8 Å². The van der Waals surface area contributed by atoms with Gasteiger partial charge >= 0.3 is 5.97 Å². The summed E-state index contributed by atoms with van der Waals surface area (Å²) in [5.41, 5.74) is 4.80. The van der Waals surface area contributed by atoms with Crippen LogP contribution >= 0.6 is 0 Å². The van der Waals surface area contributed by atoms with Crippen molar-refractivity contribution < 1.29 is 33.6 Å². The van der Waals surface area contributed by atoms with Gasteiger partial charge in [0.05, 0.1) is 54.4 Å². The first-order valence-electron chi connectivity index (χ1n) is 18.8. The second-order valence-corrected chi connectivity index (χ2v) is 16.4. The third-order valence-corrected chi connectivity index (χ3v) is 12.4. The van der Waals surface area contributed by atoms with Crippen molar-refractivity contribution in [3.63, 3.8) is 0 Å². The van der Waals surface area contributed by atoms with Crippen molar-refractivity contribution in [2.75, 3.05) is 13.1 Å². The van der Waals surface area contributed by atoms with Crippen molar-refractivity contribution in [3.8, 4) is 0 Å². The van der Waals surface area contributed by atoms with E-state index in [9.17, 15) is 14.7 Å². The molecule has 1 aliphatic carbocycles. The maximum absolute atomic E-state index is 13.6. The molecule has 0 aromatic rings. The number of unbranched alkanes of at least 4 members (excludes halogenated alkanes) is 2. The average Bonchev–Trinajstić information content (AvgIpc) is 3.69. The van der Waals surface area contributed by atoms with Gasteiger partial charge < -0.3 is 40.4 Å². The molecule has 0 radical (unpaired) electrons. The lowest BCUT2D eigenvalue weighted by Gasteiger charge is -2.53. The zero-order valence-electron chi connectivity index (χ0n) is 29.4. The summed E-state index contributed by atoms with van der Waals surface area (Å²) < 4.78 is 24.7. The van der Waals surface area contributed by atoms with Gasteiger partial charge in [-0.3, -0.25) is 10.1 Å². The van der Waals surface area contributed by atoms with Gasteiger partial charge in [0.15, 0.2) is 5.60 Å². The summed E-state index contributed by atoms with van der Waals surface area (Å²) in [5.74, 6) is -0.0864. The molecule has 6 aliphatic rings. The third kappa shape index (κ3) is 7.93. The van der Waals surface area contributed by atoms with Crippen molar-refractivity contribution in [1.82, 2.24) is 16.0 Å². The van der Waals surface area contributed by atoms with Crippen molar-refractivity contribution in [2.45, 2.75) is 178 Å². The number of rotatable bonds is 11. The SMILES string of the molecule is CCCCCNC1CC(C2CC(CC[C@@H]3O[C@@]3(C)C(=O)O[C@H]3CC4C(CC5OC(C)CC(=O)C5C4O)OC3(C)C)CC(N)N2)CCN1. The number of Topliss-reactive ketones (excluding diaryl/α,β-unsaturated/α-hetero) is 1. The number of epoxide rings is 1. The van der Waals surface area contributed by atoms with Gasteiger partial charge in [-0.25, -0.2) is 4.79 Å². The van der Waals surface area contributed by atoms with Crippen LogP contribution in [-0.2, 0) is 28.5 Å². The fourth-order valence-corrected chi connectivity index (χ4v) is 9.49. The number of esters is 1. The predicted octanol–water partition coefficient (Wildman–Crippen LogP) is 2.91. The number of nitrogens with one attached hydrogen (secondary N) is 3. The Bertz CT molecular complexity index is 1110. The molecule has 11 unspecified atom stereocenters. The Hall–Kier alpha value is -1.18. The summed E-state index contributed by atoms with van der Waals surface area (Å²) in [5, 5.41) is 22.4. The Kier molecular flexibility index (Phi) is 11.1. The highest BCUT2D eigenvalue weighted by Gasteiger charge is 2.62. The number of aliphatic hydroxyl groups excluding tert-OH is 1. The molecule has 0 amide bonds. The zero-order valence-corrected chi connectivity index (χ0v) is 29.4. The van der Waals surface area contributed by atoms with E-state index in [2.05, 4.69) is 22.9 Å². The number of hydrogen-bond donors (Lipinski definition) is 5. The Morgan fingerprint density at radius 2 is 1.89 bits per heavy atom. The summed E-state index contributed by atoms with van der Waals surface area (Å²) in [6.45, 7) is 11.9. The average molecular weight is 663 g/mol. The molecule has 0 spiro atoms. The van der Waals surface area contributed by atoms with E-state index in [1.165, 1.54) is 19.3 Å². The fourth-order valence-electron chi connectivity index (χ4n) is 9.49. The molecular formula is C36H62N4O7. The van der Waals surface area contributed by atoms with Crippen LogP contribution in [0, 0.1) is 23.7 Å². The van der Waals surface area contributed by atoms with Crippen LogP contribution < -0.4 is 21.7 Å². The maximum Gasteiger partial charge on any atom is 0.341 e. The van der Waals surface area contributed by atoms with Gasteiger partial charge in [-0.2, -0.15) is 0 Å². The van der Waals surface area contributed by atoms with Gasteiger partial charge in [0.2, 0.25) is 0 Å². The number of piperidine rings is 2. The summed E-state index contributed by atoms with van der Waals surface area (Å²) in [6, 6.07) is 0.406. The number of ketones is 1. The number of hydrogen-bond acceptors (Lipinski definition) is 11. The number of nitrogens with two attached hydrogens (primary N) is 1. The Morgan fingerprint density at radius 1 is 1.09 bits per heavy atom. The molecule has 5 aliphatic heterocycles. The lowest BCUT2D eigenvalue weighted by atomic mass is 9.67. The maximum atomic E-state index is 13.6. The van der Waals surface area contributed by atoms with E-state index in [0.29, 0.717) is 43.3 Å². The smallest absolute Gasteiger partial charge is 0.341 e. The van der Waals surface area contributed by atoms with Crippen LogP contribution in [0.15, 0.2) is 0 Å². The van der Waals surface area contributed by atoms with Crippen LogP contribution in [0.5, 0.6) is 0 Å². The Morgan fingerprint density at radius 3 is 2.68 bits per heavy atom. The summed E-state index contributed by atoms with van der Waals surface area (Å²) in [6.07, 6.45) is 9.10. The predicted molar refractivity (Wildman–Crippen MR) is 177 cm³/mol. The quantitative estimate of drug-likeness (QED) is 0.126. The van der Waals surface area contributed by atoms with Crippen molar-refractivity contribution in [1.29, 1.82) is 0 Å². The molecule has 5 saturated heterocycles. The molecule has 0 bridgehead atoms. The summed E-state index contributed by atoms with van der Waals surface area (Å²) in [4.78, 5) is 26.4. The molecule has 0 aromatic heterocycles. The van der Waals surface area contributed by atoms with E-state index in [0.717, 1.165) is 51.6 Å². The van der Waals surface area contributed by atoms with E-state index in [-0.39, 0.29) is 48.3 Å². The van der Waals surface area contributed by atoms with E-state index >= 15 is 0 Å². The monoisotopic (exact) mass is 662 g/mol. The molecule has 11 heteroatoms. The van der Waals surface area contributed by atoms with E-state index in [1.54, 1.807) is 0 Å². The van der Waals surface area contributed by atoms with Crippen LogP contribution in [0.25, 0.3) is 0 Å². The van der Waals surface area contributed by atoms with Crippen LogP contribution in [0.2, 0.25) is 0 Å². The number of carbonyl (C=O) groups excluding carboxylic acids is 2. The topological polar surface area (TPSA) is 157 Å². The molecule has 11 nitrogen and oxygen atoms in total. The highest BCUT2D eigenvalue weighted by Crippen LogP contribution is 2.48. The standard InChI is InChI=1S/C36H62N4O7/c1-6-7-8-12-38-31-17-22(11-13-39-31)24-15-21(16-30(37)40-24)9-10-28-36(5,47-28)34(43)45-29-18-23-26(46-35(29,3)4)19-27-32(33(23)42)25(41)14-20(2)44-27/h20-24,26-33,38-40,42H,6-19,37H2,1-5H3/t20?,21?,22?,23?,24?,26?,27?,28-,29-,30?,31?,32?,33?,36+/m0/s1. The molecule has 0 aromatic carbocycles. The molecule has 6 fully saturated rings.